The Kier molecular flexibility index (Phi) is 5.47. The van der Waals surface area contributed by atoms with Gasteiger partial charge in [0.1, 0.15) is 11.5 Å². The number of benzene rings is 1. The van der Waals surface area contributed by atoms with E-state index in [-0.39, 0.29) is 18.2 Å². The van der Waals surface area contributed by atoms with Crippen LogP contribution < -0.4 is 0 Å². The normalized spacial score (nSPS) is 16.7. The van der Waals surface area contributed by atoms with E-state index in [1.165, 1.54) is 0 Å². The van der Waals surface area contributed by atoms with Crippen LogP contribution in [0.1, 0.15) is 5.56 Å². The van der Waals surface area contributed by atoms with Crippen molar-refractivity contribution in [3.05, 3.63) is 83.5 Å². The fourth-order valence-corrected chi connectivity index (χ4v) is 5.45. The Hall–Kier alpha value is -3.50. The highest BCUT2D eigenvalue weighted by Gasteiger charge is 2.26. The number of hydrogen-bond acceptors (Lipinski definition) is 6. The number of thiophene rings is 1. The molecule has 2 aliphatic heterocycles. The predicted molar refractivity (Wildman–Crippen MR) is 129 cm³/mol. The predicted octanol–water partition coefficient (Wildman–Crippen LogP) is 3.06. The molecule has 0 unspecified atom stereocenters. The largest absolute Gasteiger partial charge is 0.337 e. The number of aromatic nitrogens is 2. The van der Waals surface area contributed by atoms with Gasteiger partial charge in [0.05, 0.1) is 21.9 Å². The molecule has 5 rings (SSSR count). The van der Waals surface area contributed by atoms with Gasteiger partial charge in [-0.25, -0.2) is 13.1 Å². The van der Waals surface area contributed by atoms with E-state index in [0.717, 1.165) is 21.8 Å². The summed E-state index contributed by atoms with van der Waals surface area (Å²) in [6.07, 6.45) is 6.81. The van der Waals surface area contributed by atoms with Crippen molar-refractivity contribution in [3.63, 3.8) is 0 Å². The maximum atomic E-state index is 13.2. The van der Waals surface area contributed by atoms with Crippen LogP contribution in [0.4, 0.5) is 0 Å². The number of carbonyl (C=O) groups excluding carboxylic acids is 1. The molecule has 3 aromatic rings. The van der Waals surface area contributed by atoms with Crippen molar-refractivity contribution in [1.29, 1.82) is 0 Å². The Balaban J connectivity index is 1.40. The molecule has 0 aliphatic carbocycles. The molecule has 8 nitrogen and oxygen atoms in total. The number of sulfonamides is 1. The fourth-order valence-electron chi connectivity index (χ4n) is 3.73. The molecule has 1 amide bonds. The summed E-state index contributed by atoms with van der Waals surface area (Å²) in [5.41, 5.74) is 3.20. The fraction of sp³-hybridized carbons (Fsp3) is 0.174. The summed E-state index contributed by atoms with van der Waals surface area (Å²) >= 11 is 1.60. The topological polar surface area (TPSA) is 87.9 Å². The van der Waals surface area contributed by atoms with E-state index in [2.05, 4.69) is 4.40 Å². The van der Waals surface area contributed by atoms with Gasteiger partial charge < -0.3 is 9.80 Å². The molecule has 1 aromatic carbocycles. The number of hydrogen-bond donors (Lipinski definition) is 0. The summed E-state index contributed by atoms with van der Waals surface area (Å²) in [7, 11) is -1.68. The van der Waals surface area contributed by atoms with E-state index in [1.807, 2.05) is 58.7 Å². The number of amides is 1. The lowest BCUT2D eigenvalue weighted by Gasteiger charge is -2.28. The minimum atomic E-state index is -3.43. The zero-order valence-electron chi connectivity index (χ0n) is 17.8. The van der Waals surface area contributed by atoms with E-state index in [1.54, 1.807) is 46.5 Å². The quantitative estimate of drug-likeness (QED) is 0.561. The molecule has 168 valence electrons. The molecule has 0 spiro atoms. The van der Waals surface area contributed by atoms with Crippen molar-refractivity contribution in [1.82, 2.24) is 19.6 Å². The van der Waals surface area contributed by atoms with Crippen LogP contribution in [0.5, 0.6) is 0 Å². The first-order valence-corrected chi connectivity index (χ1v) is 12.8. The number of rotatable bonds is 5. The lowest BCUT2D eigenvalue weighted by Crippen LogP contribution is -2.38. The van der Waals surface area contributed by atoms with Crippen molar-refractivity contribution < 1.29 is 13.2 Å². The smallest absolute Gasteiger partial charge is 0.256 e. The molecule has 0 saturated heterocycles. The summed E-state index contributed by atoms with van der Waals surface area (Å²) in [6.45, 7) is 0.651. The first-order chi connectivity index (χ1) is 15.9. The highest BCUT2D eigenvalue weighted by molar-refractivity contribution is 7.90. The molecule has 10 heteroatoms. The summed E-state index contributed by atoms with van der Waals surface area (Å²) < 4.78 is 29.0. The Morgan fingerprint density at radius 3 is 2.73 bits per heavy atom. The van der Waals surface area contributed by atoms with Crippen molar-refractivity contribution >= 4 is 33.1 Å². The van der Waals surface area contributed by atoms with Crippen LogP contribution in [0.15, 0.2) is 82.4 Å². The van der Waals surface area contributed by atoms with Crippen LogP contribution in [-0.4, -0.2) is 59.1 Å². The molecule has 0 saturated carbocycles. The van der Waals surface area contributed by atoms with E-state index < -0.39 is 10.0 Å². The van der Waals surface area contributed by atoms with Gasteiger partial charge in [0.25, 0.3) is 15.9 Å². The molecule has 0 bridgehead atoms. The first-order valence-electron chi connectivity index (χ1n) is 10.3. The molecule has 2 aromatic heterocycles. The van der Waals surface area contributed by atoms with Crippen LogP contribution in [0.25, 0.3) is 16.3 Å². The zero-order valence-corrected chi connectivity index (χ0v) is 19.5. The molecular formula is C23H21N5O3S2. The second-order valence-electron chi connectivity index (χ2n) is 7.77. The lowest BCUT2D eigenvalue weighted by atomic mass is 10.1. The number of nitrogens with zero attached hydrogens (tertiary/aromatic N) is 5. The van der Waals surface area contributed by atoms with Gasteiger partial charge in [-0.3, -0.25) is 4.79 Å². The van der Waals surface area contributed by atoms with Crippen molar-refractivity contribution in [2.75, 3.05) is 19.3 Å². The van der Waals surface area contributed by atoms with Gasteiger partial charge in [0.15, 0.2) is 0 Å². The Bertz CT molecular complexity index is 1390. The average molecular weight is 480 g/mol. The Morgan fingerprint density at radius 1 is 1.15 bits per heavy atom. The molecule has 33 heavy (non-hydrogen) atoms. The SMILES string of the molecule is CN(Cc1cn(-c2ccccc2)nc1-c1cccs1)C(=O)C1=CN2CCS(=O)(=O)N=C2C=C1. The Morgan fingerprint density at radius 2 is 1.97 bits per heavy atom. The molecule has 0 fully saturated rings. The van der Waals surface area contributed by atoms with Crippen molar-refractivity contribution in [3.8, 4) is 16.3 Å². The second-order valence-corrected chi connectivity index (χ2v) is 10.5. The molecule has 0 radical (unpaired) electrons. The van der Waals surface area contributed by atoms with E-state index in [9.17, 15) is 13.2 Å². The maximum Gasteiger partial charge on any atom is 0.256 e. The van der Waals surface area contributed by atoms with Crippen LogP contribution in [0.3, 0.4) is 0 Å². The minimum absolute atomic E-state index is 0.0685. The van der Waals surface area contributed by atoms with Gasteiger partial charge in [-0.05, 0) is 35.7 Å². The maximum absolute atomic E-state index is 13.2. The third kappa shape index (κ3) is 4.39. The number of fused-ring (bicyclic) bond motifs is 1. The molecular weight excluding hydrogens is 458 g/mol. The van der Waals surface area contributed by atoms with Gasteiger partial charge in [-0.2, -0.15) is 5.10 Å². The van der Waals surface area contributed by atoms with Crippen LogP contribution >= 0.6 is 11.3 Å². The first kappa shape index (κ1) is 21.4. The summed E-state index contributed by atoms with van der Waals surface area (Å²) in [6, 6.07) is 13.9. The number of carbonyl (C=O) groups is 1. The van der Waals surface area contributed by atoms with E-state index >= 15 is 0 Å². The van der Waals surface area contributed by atoms with E-state index in [0.29, 0.717) is 18.0 Å². The van der Waals surface area contributed by atoms with Gasteiger partial charge in [-0.1, -0.05) is 24.3 Å². The average Bonchev–Trinajstić information content (AvgIpc) is 3.48. The highest BCUT2D eigenvalue weighted by atomic mass is 32.2. The lowest BCUT2D eigenvalue weighted by molar-refractivity contribution is -0.126. The standard InChI is InChI=1S/C23H21N5O3S2/c1-26(23(29)17-9-10-21-25-33(30,31)13-11-27(21)15-17)14-18-16-28(19-6-3-2-4-7-19)24-22(18)20-8-5-12-32-20/h2-10,12,15-16H,11,13-14H2,1H3. The molecule has 4 heterocycles. The van der Waals surface area contributed by atoms with Crippen molar-refractivity contribution in [2.24, 2.45) is 4.40 Å². The third-order valence-electron chi connectivity index (χ3n) is 5.39. The minimum Gasteiger partial charge on any atom is -0.337 e. The number of amidine groups is 1. The second kappa shape index (κ2) is 8.45. The van der Waals surface area contributed by atoms with Crippen LogP contribution in [0, 0.1) is 0 Å². The summed E-state index contributed by atoms with van der Waals surface area (Å²) in [4.78, 5) is 17.6. The van der Waals surface area contributed by atoms with Gasteiger partial charge >= 0.3 is 0 Å². The third-order valence-corrected chi connectivity index (χ3v) is 7.43. The van der Waals surface area contributed by atoms with Crippen LogP contribution in [0.2, 0.25) is 0 Å². The summed E-state index contributed by atoms with van der Waals surface area (Å²) in [5.74, 6) is 0.106. The van der Waals surface area contributed by atoms with Gasteiger partial charge in [0.2, 0.25) is 0 Å². The zero-order chi connectivity index (χ0) is 23.0. The number of likely N-dealkylation sites (N-methyl/N-ethyl adjacent to an activating group) is 1. The summed E-state index contributed by atoms with van der Waals surface area (Å²) in [5, 5.41) is 6.80. The molecule has 0 N–H and O–H groups in total. The highest BCUT2D eigenvalue weighted by Crippen LogP contribution is 2.29. The van der Waals surface area contributed by atoms with Crippen molar-refractivity contribution in [2.45, 2.75) is 6.54 Å². The Labute approximate surface area is 195 Å². The molecule has 0 atom stereocenters. The van der Waals surface area contributed by atoms with E-state index in [4.69, 9.17) is 5.10 Å². The molecule has 2 aliphatic rings. The monoisotopic (exact) mass is 479 g/mol. The van der Waals surface area contributed by atoms with Crippen LogP contribution in [-0.2, 0) is 21.4 Å². The van der Waals surface area contributed by atoms with Gasteiger partial charge in [-0.15, -0.1) is 15.7 Å². The number of para-hydroxylation sites is 1. The van der Waals surface area contributed by atoms with Gasteiger partial charge in [0, 0.05) is 38.1 Å².